The number of carbonyl (C=O) groups is 1. The van der Waals surface area contributed by atoms with Gasteiger partial charge in [0.25, 0.3) is 0 Å². The van der Waals surface area contributed by atoms with Crippen molar-refractivity contribution in [3.63, 3.8) is 0 Å². The molecule has 1 heterocycles. The SMILES string of the molecule is CC(C)CC(CN)CC(=O)NC(C)c1cn[nH]c1. The largest absolute Gasteiger partial charge is 0.349 e. The molecule has 1 aromatic heterocycles. The molecule has 1 rings (SSSR count). The van der Waals surface area contributed by atoms with Crippen molar-refractivity contribution in [1.29, 1.82) is 0 Å². The normalized spacial score (nSPS) is 14.5. The zero-order valence-corrected chi connectivity index (χ0v) is 11.4. The van der Waals surface area contributed by atoms with E-state index in [0.717, 1.165) is 12.0 Å². The molecule has 102 valence electrons. The first-order valence-electron chi connectivity index (χ1n) is 6.51. The van der Waals surface area contributed by atoms with Crippen molar-refractivity contribution in [3.05, 3.63) is 18.0 Å². The van der Waals surface area contributed by atoms with Crippen LogP contribution in [0.5, 0.6) is 0 Å². The van der Waals surface area contributed by atoms with E-state index in [-0.39, 0.29) is 17.9 Å². The summed E-state index contributed by atoms with van der Waals surface area (Å²) in [6.07, 6.45) is 5.00. The van der Waals surface area contributed by atoms with E-state index in [1.807, 2.05) is 6.92 Å². The van der Waals surface area contributed by atoms with E-state index in [1.165, 1.54) is 0 Å². The number of aromatic amines is 1. The van der Waals surface area contributed by atoms with Gasteiger partial charge < -0.3 is 11.1 Å². The monoisotopic (exact) mass is 252 g/mol. The maximum Gasteiger partial charge on any atom is 0.220 e. The minimum Gasteiger partial charge on any atom is -0.349 e. The summed E-state index contributed by atoms with van der Waals surface area (Å²) in [6.45, 7) is 6.80. The molecule has 2 unspecified atom stereocenters. The van der Waals surface area contributed by atoms with Crippen LogP contribution >= 0.6 is 0 Å². The van der Waals surface area contributed by atoms with E-state index in [4.69, 9.17) is 5.73 Å². The Morgan fingerprint density at radius 1 is 1.50 bits per heavy atom. The molecule has 0 spiro atoms. The van der Waals surface area contributed by atoms with Crippen LogP contribution in [0.3, 0.4) is 0 Å². The number of nitrogens with zero attached hydrogens (tertiary/aromatic N) is 1. The molecule has 0 aromatic carbocycles. The van der Waals surface area contributed by atoms with Crippen molar-refractivity contribution >= 4 is 5.91 Å². The van der Waals surface area contributed by atoms with Gasteiger partial charge in [0.05, 0.1) is 12.2 Å². The first-order chi connectivity index (χ1) is 8.52. The zero-order valence-electron chi connectivity index (χ0n) is 11.4. The molecule has 0 saturated heterocycles. The highest BCUT2D eigenvalue weighted by Crippen LogP contribution is 2.15. The third-order valence-electron chi connectivity index (χ3n) is 3.01. The summed E-state index contributed by atoms with van der Waals surface area (Å²) in [5, 5.41) is 9.58. The molecular weight excluding hydrogens is 228 g/mol. The number of carbonyl (C=O) groups excluding carboxylic acids is 1. The molecule has 0 aliphatic rings. The van der Waals surface area contributed by atoms with Crippen LogP contribution in [-0.2, 0) is 4.79 Å². The Hall–Kier alpha value is -1.36. The van der Waals surface area contributed by atoms with Crippen molar-refractivity contribution in [2.75, 3.05) is 6.54 Å². The van der Waals surface area contributed by atoms with Crippen molar-refractivity contribution in [1.82, 2.24) is 15.5 Å². The topological polar surface area (TPSA) is 83.8 Å². The molecule has 0 bridgehead atoms. The average molecular weight is 252 g/mol. The maximum absolute atomic E-state index is 11.9. The smallest absolute Gasteiger partial charge is 0.220 e. The van der Waals surface area contributed by atoms with Gasteiger partial charge in [0.15, 0.2) is 0 Å². The molecule has 0 aliphatic heterocycles. The average Bonchev–Trinajstić information content (AvgIpc) is 2.80. The Kier molecular flexibility index (Phi) is 5.85. The Morgan fingerprint density at radius 2 is 2.22 bits per heavy atom. The van der Waals surface area contributed by atoms with Crippen LogP contribution in [0, 0.1) is 11.8 Å². The van der Waals surface area contributed by atoms with Crippen molar-refractivity contribution < 1.29 is 4.79 Å². The van der Waals surface area contributed by atoms with Crippen LogP contribution in [0.25, 0.3) is 0 Å². The fraction of sp³-hybridized carbons (Fsp3) is 0.692. The summed E-state index contributed by atoms with van der Waals surface area (Å²) in [7, 11) is 0. The van der Waals surface area contributed by atoms with Crippen LogP contribution < -0.4 is 11.1 Å². The second-order valence-corrected chi connectivity index (χ2v) is 5.26. The van der Waals surface area contributed by atoms with Gasteiger partial charge in [-0.05, 0) is 31.7 Å². The fourth-order valence-corrected chi connectivity index (χ4v) is 2.07. The number of hydrogen-bond acceptors (Lipinski definition) is 3. The lowest BCUT2D eigenvalue weighted by Crippen LogP contribution is -2.30. The molecule has 0 aliphatic carbocycles. The number of nitrogens with one attached hydrogen (secondary N) is 2. The summed E-state index contributed by atoms with van der Waals surface area (Å²) in [6, 6.07) is -0.0197. The number of hydrogen-bond donors (Lipinski definition) is 3. The Labute approximate surface area is 109 Å². The Morgan fingerprint density at radius 3 is 2.72 bits per heavy atom. The molecule has 1 aromatic rings. The molecule has 4 N–H and O–H groups in total. The third kappa shape index (κ3) is 4.87. The second-order valence-electron chi connectivity index (χ2n) is 5.26. The van der Waals surface area contributed by atoms with Crippen LogP contribution in [-0.4, -0.2) is 22.6 Å². The number of nitrogens with two attached hydrogens (primary N) is 1. The number of rotatable bonds is 7. The summed E-state index contributed by atoms with van der Waals surface area (Å²) < 4.78 is 0. The quantitative estimate of drug-likeness (QED) is 0.689. The minimum atomic E-state index is -0.0197. The summed E-state index contributed by atoms with van der Waals surface area (Å²) in [5.74, 6) is 0.888. The predicted molar refractivity (Wildman–Crippen MR) is 71.8 cm³/mol. The molecule has 5 nitrogen and oxygen atoms in total. The first-order valence-corrected chi connectivity index (χ1v) is 6.51. The molecule has 2 atom stereocenters. The van der Waals surface area contributed by atoms with Crippen molar-refractivity contribution in [2.24, 2.45) is 17.6 Å². The van der Waals surface area contributed by atoms with Crippen LogP contribution in [0.1, 0.15) is 45.2 Å². The lowest BCUT2D eigenvalue weighted by molar-refractivity contribution is -0.122. The minimum absolute atomic E-state index is 0.0197. The highest BCUT2D eigenvalue weighted by molar-refractivity contribution is 5.76. The molecule has 1 amide bonds. The summed E-state index contributed by atoms with van der Waals surface area (Å²) in [4.78, 5) is 11.9. The highest BCUT2D eigenvalue weighted by atomic mass is 16.1. The zero-order chi connectivity index (χ0) is 13.5. The van der Waals surface area contributed by atoms with Gasteiger partial charge in [-0.2, -0.15) is 5.10 Å². The van der Waals surface area contributed by atoms with E-state index >= 15 is 0 Å². The maximum atomic E-state index is 11.9. The van der Waals surface area contributed by atoms with Crippen molar-refractivity contribution in [2.45, 2.75) is 39.7 Å². The number of H-pyrrole nitrogens is 1. The Bertz CT molecular complexity index is 348. The predicted octanol–water partition coefficient (Wildman–Crippen LogP) is 1.60. The molecule has 0 saturated carbocycles. The van der Waals surface area contributed by atoms with Crippen molar-refractivity contribution in [3.8, 4) is 0 Å². The van der Waals surface area contributed by atoms with Gasteiger partial charge in [-0.25, -0.2) is 0 Å². The Balaban J connectivity index is 2.40. The van der Waals surface area contributed by atoms with Gasteiger partial charge in [0, 0.05) is 18.2 Å². The molecule has 0 radical (unpaired) electrons. The van der Waals surface area contributed by atoms with Gasteiger partial charge in [0.2, 0.25) is 5.91 Å². The summed E-state index contributed by atoms with van der Waals surface area (Å²) >= 11 is 0. The second kappa shape index (κ2) is 7.16. The van der Waals surface area contributed by atoms with Gasteiger partial charge in [-0.1, -0.05) is 13.8 Å². The van der Waals surface area contributed by atoms with E-state index in [0.29, 0.717) is 18.9 Å². The lowest BCUT2D eigenvalue weighted by atomic mass is 9.94. The van der Waals surface area contributed by atoms with Gasteiger partial charge in [-0.3, -0.25) is 9.89 Å². The van der Waals surface area contributed by atoms with Crippen LogP contribution in [0.4, 0.5) is 0 Å². The highest BCUT2D eigenvalue weighted by Gasteiger charge is 2.16. The number of amides is 1. The number of aromatic nitrogens is 2. The molecular formula is C13H24N4O. The van der Waals surface area contributed by atoms with Gasteiger partial charge >= 0.3 is 0 Å². The van der Waals surface area contributed by atoms with E-state index in [1.54, 1.807) is 12.4 Å². The van der Waals surface area contributed by atoms with Crippen LogP contribution in [0.15, 0.2) is 12.4 Å². The standard InChI is InChI=1S/C13H24N4O/c1-9(2)4-11(6-14)5-13(18)17-10(3)12-7-15-16-8-12/h7-11H,4-6,14H2,1-3H3,(H,15,16)(H,17,18). The third-order valence-corrected chi connectivity index (χ3v) is 3.01. The summed E-state index contributed by atoms with van der Waals surface area (Å²) in [5.41, 5.74) is 6.68. The van der Waals surface area contributed by atoms with Crippen LogP contribution in [0.2, 0.25) is 0 Å². The van der Waals surface area contributed by atoms with Gasteiger partial charge in [0.1, 0.15) is 0 Å². The lowest BCUT2D eigenvalue weighted by Gasteiger charge is -2.18. The first kappa shape index (κ1) is 14.7. The van der Waals surface area contributed by atoms with E-state index in [9.17, 15) is 4.79 Å². The fourth-order valence-electron chi connectivity index (χ4n) is 2.07. The molecule has 18 heavy (non-hydrogen) atoms. The molecule has 0 fully saturated rings. The van der Waals surface area contributed by atoms with Gasteiger partial charge in [-0.15, -0.1) is 0 Å². The molecule has 5 heteroatoms. The van der Waals surface area contributed by atoms with E-state index < -0.39 is 0 Å². The van der Waals surface area contributed by atoms with E-state index in [2.05, 4.69) is 29.4 Å².